The first-order valence-corrected chi connectivity index (χ1v) is 13.5. The summed E-state index contributed by atoms with van der Waals surface area (Å²) < 4.78 is 81.0. The van der Waals surface area contributed by atoms with Crippen LogP contribution in [-0.4, -0.2) is 55.4 Å². The molecule has 3 rings (SSSR count). The quantitative estimate of drug-likeness (QED) is 0.426. The maximum absolute atomic E-state index is 13.4. The van der Waals surface area contributed by atoms with E-state index in [0.717, 1.165) is 12.1 Å². The Hall–Kier alpha value is -3.28. The van der Waals surface area contributed by atoms with Gasteiger partial charge in [-0.15, -0.1) is 0 Å². The number of piperidine rings is 1. The molecule has 2 atom stereocenters. The van der Waals surface area contributed by atoms with Crippen molar-refractivity contribution >= 4 is 21.9 Å². The van der Waals surface area contributed by atoms with Gasteiger partial charge in [-0.1, -0.05) is 0 Å². The van der Waals surface area contributed by atoms with Crippen molar-refractivity contribution in [2.45, 2.75) is 68.5 Å². The van der Waals surface area contributed by atoms with E-state index in [1.54, 1.807) is 27.7 Å². The van der Waals surface area contributed by atoms with Crippen LogP contribution in [0.15, 0.2) is 53.4 Å². The number of alkyl halides is 3. The number of nitrogens with zero attached hydrogens (tertiary/aromatic N) is 1. The molecule has 12 heteroatoms. The number of benzene rings is 2. The molecule has 1 aliphatic rings. The molecule has 1 amide bonds. The number of hydrogen-bond acceptors (Lipinski definition) is 7. The molecule has 8 nitrogen and oxygen atoms in total. The maximum atomic E-state index is 13.4. The van der Waals surface area contributed by atoms with Gasteiger partial charge in [0.15, 0.2) is 9.84 Å². The summed E-state index contributed by atoms with van der Waals surface area (Å²) in [5, 5.41) is -0.961. The molecular weight excluding hydrogens is 527 g/mol. The monoisotopic (exact) mass is 557 g/mol. The lowest BCUT2D eigenvalue weighted by Crippen LogP contribution is -2.54. The molecule has 0 aromatic heterocycles. The fourth-order valence-electron chi connectivity index (χ4n) is 3.95. The summed E-state index contributed by atoms with van der Waals surface area (Å²) >= 11 is 0. The molecule has 0 spiro atoms. The first-order valence-electron chi connectivity index (χ1n) is 12.0. The summed E-state index contributed by atoms with van der Waals surface area (Å²) in [6.07, 6.45) is -5.27. The van der Waals surface area contributed by atoms with E-state index >= 15 is 0 Å². The Morgan fingerprint density at radius 3 is 2.03 bits per heavy atom. The molecule has 1 fully saturated rings. The van der Waals surface area contributed by atoms with Crippen molar-refractivity contribution in [1.82, 2.24) is 4.90 Å². The van der Waals surface area contributed by atoms with Gasteiger partial charge in [-0.25, -0.2) is 18.0 Å². The number of amides is 1. The Kier molecular flexibility index (Phi) is 8.65. The zero-order valence-electron chi connectivity index (χ0n) is 21.4. The molecule has 2 unspecified atom stereocenters. The van der Waals surface area contributed by atoms with Crippen LogP contribution in [0.3, 0.4) is 0 Å². The van der Waals surface area contributed by atoms with Gasteiger partial charge < -0.3 is 14.2 Å². The van der Waals surface area contributed by atoms with E-state index in [9.17, 15) is 31.2 Å². The molecule has 0 aliphatic carbocycles. The van der Waals surface area contributed by atoms with Crippen LogP contribution >= 0.6 is 0 Å². The van der Waals surface area contributed by atoms with Crippen LogP contribution < -0.4 is 4.74 Å². The highest BCUT2D eigenvalue weighted by atomic mass is 32.2. The van der Waals surface area contributed by atoms with E-state index in [0.29, 0.717) is 0 Å². The van der Waals surface area contributed by atoms with Gasteiger partial charge in [-0.05, 0) is 89.1 Å². The topological polar surface area (TPSA) is 99.2 Å². The van der Waals surface area contributed by atoms with Crippen molar-refractivity contribution in [2.75, 3.05) is 13.2 Å². The molecule has 2 aromatic carbocycles. The molecule has 0 N–H and O–H groups in total. The highest BCUT2D eigenvalue weighted by Gasteiger charge is 2.43. The summed E-state index contributed by atoms with van der Waals surface area (Å²) in [6.45, 7) is 6.72. The number of rotatable bonds is 6. The standard InChI is InChI=1S/C26H30F3NO7S/c1-5-35-23(31)22-16-21(14-15-30(22)24(32)37-25(2,3)4)38(33,34)20-12-10-19(11-13-20)36-18-8-6-17(7-9-18)26(27,28)29/h6-13,21-22H,5,14-16H2,1-4H3. The number of esters is 1. The number of ether oxygens (including phenoxy) is 3. The van der Waals surface area contributed by atoms with Crippen molar-refractivity contribution in [3.05, 3.63) is 54.1 Å². The fourth-order valence-corrected chi connectivity index (χ4v) is 5.71. The number of sulfone groups is 1. The maximum Gasteiger partial charge on any atom is 0.416 e. The van der Waals surface area contributed by atoms with E-state index in [4.69, 9.17) is 14.2 Å². The minimum atomic E-state index is -4.47. The Bertz CT molecular complexity index is 1240. The van der Waals surface area contributed by atoms with Gasteiger partial charge in [-0.2, -0.15) is 13.2 Å². The van der Waals surface area contributed by atoms with Crippen molar-refractivity contribution in [1.29, 1.82) is 0 Å². The van der Waals surface area contributed by atoms with Gasteiger partial charge in [-0.3, -0.25) is 4.90 Å². The van der Waals surface area contributed by atoms with Gasteiger partial charge in [0.2, 0.25) is 0 Å². The predicted octanol–water partition coefficient (Wildman–Crippen LogP) is 5.60. The normalized spacial score (nSPS) is 18.6. The number of carbonyl (C=O) groups is 2. The average Bonchev–Trinajstić information content (AvgIpc) is 2.83. The molecule has 38 heavy (non-hydrogen) atoms. The molecule has 2 aromatic rings. The van der Waals surface area contributed by atoms with Crippen LogP contribution in [0.1, 0.15) is 46.1 Å². The molecule has 0 bridgehead atoms. The second-order valence-electron chi connectivity index (χ2n) is 9.73. The second kappa shape index (κ2) is 11.2. The molecule has 1 aliphatic heterocycles. The van der Waals surface area contributed by atoms with E-state index in [1.165, 1.54) is 41.3 Å². The third-order valence-electron chi connectivity index (χ3n) is 5.75. The van der Waals surface area contributed by atoms with Crippen molar-refractivity contribution in [3.8, 4) is 11.5 Å². The number of carbonyl (C=O) groups excluding carboxylic acids is 2. The summed E-state index contributed by atoms with van der Waals surface area (Å²) in [5.41, 5.74) is -1.62. The van der Waals surface area contributed by atoms with E-state index < -0.39 is 50.5 Å². The number of halogens is 3. The lowest BCUT2D eigenvalue weighted by molar-refractivity contribution is -0.150. The van der Waals surface area contributed by atoms with Crippen LogP contribution in [0.2, 0.25) is 0 Å². The lowest BCUT2D eigenvalue weighted by Gasteiger charge is -2.38. The average molecular weight is 558 g/mol. The first-order chi connectivity index (χ1) is 17.6. The van der Waals surface area contributed by atoms with Crippen LogP contribution in [0.5, 0.6) is 11.5 Å². The number of hydrogen-bond donors (Lipinski definition) is 0. The molecule has 0 saturated carbocycles. The minimum Gasteiger partial charge on any atom is -0.464 e. The van der Waals surface area contributed by atoms with Gasteiger partial charge in [0, 0.05) is 6.54 Å². The molecular formula is C26H30F3NO7S. The Labute approximate surface area is 219 Å². The Morgan fingerprint density at radius 2 is 1.53 bits per heavy atom. The van der Waals surface area contributed by atoms with Gasteiger partial charge in [0.25, 0.3) is 0 Å². The third kappa shape index (κ3) is 7.18. The largest absolute Gasteiger partial charge is 0.464 e. The summed E-state index contributed by atoms with van der Waals surface area (Å²) in [6, 6.07) is 8.42. The van der Waals surface area contributed by atoms with Crippen molar-refractivity contribution in [2.24, 2.45) is 0 Å². The van der Waals surface area contributed by atoms with Crippen LogP contribution in [0, 0.1) is 0 Å². The van der Waals surface area contributed by atoms with Gasteiger partial charge in [0.05, 0.1) is 22.3 Å². The highest BCUT2D eigenvalue weighted by molar-refractivity contribution is 7.92. The zero-order chi connectivity index (χ0) is 28.3. The van der Waals surface area contributed by atoms with Crippen LogP contribution in [-0.2, 0) is 30.3 Å². The first kappa shape index (κ1) is 29.3. The van der Waals surface area contributed by atoms with Crippen LogP contribution in [0.4, 0.5) is 18.0 Å². The molecule has 0 radical (unpaired) electrons. The Morgan fingerprint density at radius 1 is 0.974 bits per heavy atom. The van der Waals surface area contributed by atoms with Gasteiger partial charge >= 0.3 is 18.2 Å². The van der Waals surface area contributed by atoms with Crippen molar-refractivity contribution in [3.63, 3.8) is 0 Å². The smallest absolute Gasteiger partial charge is 0.416 e. The summed E-state index contributed by atoms with van der Waals surface area (Å²) in [5.74, 6) is -0.327. The summed E-state index contributed by atoms with van der Waals surface area (Å²) in [7, 11) is -3.91. The third-order valence-corrected chi connectivity index (χ3v) is 7.98. The second-order valence-corrected chi connectivity index (χ2v) is 12.0. The highest BCUT2D eigenvalue weighted by Crippen LogP contribution is 2.33. The van der Waals surface area contributed by atoms with Crippen LogP contribution in [0.25, 0.3) is 0 Å². The lowest BCUT2D eigenvalue weighted by atomic mass is 10.0. The van der Waals surface area contributed by atoms with E-state index in [1.807, 2.05) is 0 Å². The minimum absolute atomic E-state index is 0.0165. The molecule has 208 valence electrons. The predicted molar refractivity (Wildman–Crippen MR) is 132 cm³/mol. The van der Waals surface area contributed by atoms with E-state index in [-0.39, 0.29) is 42.4 Å². The number of likely N-dealkylation sites (tertiary alicyclic amines) is 1. The van der Waals surface area contributed by atoms with Crippen molar-refractivity contribution < 1.29 is 45.4 Å². The molecule has 1 saturated heterocycles. The Balaban J connectivity index is 1.75. The van der Waals surface area contributed by atoms with E-state index in [2.05, 4.69) is 0 Å². The summed E-state index contributed by atoms with van der Waals surface area (Å²) in [4.78, 5) is 26.5. The zero-order valence-corrected chi connectivity index (χ0v) is 22.3. The van der Waals surface area contributed by atoms with Gasteiger partial charge in [0.1, 0.15) is 23.1 Å². The molecule has 1 heterocycles. The fraction of sp³-hybridized carbons (Fsp3) is 0.462. The SMILES string of the molecule is CCOC(=O)C1CC(S(=O)(=O)c2ccc(Oc3ccc(C(F)(F)F)cc3)cc2)CCN1C(=O)OC(C)(C)C.